The molecule has 1 aliphatic carbocycles. The summed E-state index contributed by atoms with van der Waals surface area (Å²) in [5.74, 6) is 0. The van der Waals surface area contributed by atoms with Crippen molar-refractivity contribution < 1.29 is 8.42 Å². The van der Waals surface area contributed by atoms with E-state index in [0.29, 0.717) is 4.90 Å². The van der Waals surface area contributed by atoms with Crippen LogP contribution >= 0.6 is 12.4 Å². The van der Waals surface area contributed by atoms with Gasteiger partial charge in [0.25, 0.3) is 0 Å². The smallest absolute Gasteiger partial charge is 0.243 e. The van der Waals surface area contributed by atoms with Gasteiger partial charge in [-0.1, -0.05) is 6.07 Å². The van der Waals surface area contributed by atoms with Gasteiger partial charge in [0, 0.05) is 19.6 Å². The van der Waals surface area contributed by atoms with Crippen LogP contribution in [0.15, 0.2) is 23.1 Å². The number of nitrogens with one attached hydrogen (secondary N) is 1. The molecule has 1 atom stereocenters. The Kier molecular flexibility index (Phi) is 5.30. The fraction of sp³-hybridized carbons (Fsp3) is 0.600. The lowest BCUT2D eigenvalue weighted by Gasteiger charge is -2.24. The van der Waals surface area contributed by atoms with E-state index in [9.17, 15) is 8.42 Å². The topological polar surface area (TPSA) is 49.4 Å². The Morgan fingerprint density at radius 1 is 1.19 bits per heavy atom. The zero-order valence-electron chi connectivity index (χ0n) is 12.3. The number of hydrogen-bond donors (Lipinski definition) is 1. The van der Waals surface area contributed by atoms with Crippen LogP contribution < -0.4 is 5.32 Å². The second-order valence-electron chi connectivity index (χ2n) is 5.81. The largest absolute Gasteiger partial charge is 0.315 e. The highest BCUT2D eigenvalue weighted by molar-refractivity contribution is 7.89. The molecule has 0 saturated carbocycles. The van der Waals surface area contributed by atoms with E-state index in [1.54, 1.807) is 13.1 Å². The van der Waals surface area contributed by atoms with Gasteiger partial charge < -0.3 is 5.32 Å². The van der Waals surface area contributed by atoms with E-state index in [0.717, 1.165) is 32.4 Å². The average molecular weight is 331 g/mol. The fourth-order valence-electron chi connectivity index (χ4n) is 3.18. The minimum absolute atomic E-state index is 0. The number of rotatable bonds is 3. The van der Waals surface area contributed by atoms with Gasteiger partial charge in [0.1, 0.15) is 0 Å². The van der Waals surface area contributed by atoms with E-state index < -0.39 is 10.0 Å². The van der Waals surface area contributed by atoms with Gasteiger partial charge in [-0.25, -0.2) is 8.42 Å². The predicted octanol–water partition coefficient (Wildman–Crippen LogP) is 1.97. The van der Waals surface area contributed by atoms with Crippen molar-refractivity contribution >= 4 is 22.4 Å². The number of hydrogen-bond acceptors (Lipinski definition) is 3. The van der Waals surface area contributed by atoms with Gasteiger partial charge >= 0.3 is 0 Å². The van der Waals surface area contributed by atoms with Crippen LogP contribution in [-0.2, 0) is 22.9 Å². The quantitative estimate of drug-likeness (QED) is 0.921. The molecule has 4 nitrogen and oxygen atoms in total. The van der Waals surface area contributed by atoms with Crippen LogP contribution in [0.5, 0.6) is 0 Å². The van der Waals surface area contributed by atoms with Crippen LogP contribution in [-0.4, -0.2) is 38.9 Å². The lowest BCUT2D eigenvalue weighted by atomic mass is 9.92. The lowest BCUT2D eigenvalue weighted by molar-refractivity contribution is 0.387. The molecule has 1 saturated heterocycles. The maximum atomic E-state index is 12.7. The van der Waals surface area contributed by atoms with Crippen molar-refractivity contribution in [1.82, 2.24) is 9.62 Å². The molecule has 118 valence electrons. The van der Waals surface area contributed by atoms with Gasteiger partial charge in [0.05, 0.1) is 4.90 Å². The monoisotopic (exact) mass is 330 g/mol. The highest BCUT2D eigenvalue weighted by Crippen LogP contribution is 2.26. The van der Waals surface area contributed by atoms with Gasteiger partial charge in [0.15, 0.2) is 0 Å². The molecule has 3 rings (SSSR count). The number of benzene rings is 1. The molecule has 1 unspecified atom stereocenters. The molecule has 1 fully saturated rings. The van der Waals surface area contributed by atoms with Crippen molar-refractivity contribution in [3.05, 3.63) is 29.3 Å². The van der Waals surface area contributed by atoms with Gasteiger partial charge in [-0.15, -0.1) is 12.4 Å². The molecule has 0 amide bonds. The summed E-state index contributed by atoms with van der Waals surface area (Å²) in [5, 5.41) is 3.22. The van der Waals surface area contributed by atoms with Gasteiger partial charge in [-0.2, -0.15) is 4.31 Å². The van der Waals surface area contributed by atoms with Crippen molar-refractivity contribution in [1.29, 1.82) is 0 Å². The van der Waals surface area contributed by atoms with Crippen molar-refractivity contribution in [2.75, 3.05) is 20.1 Å². The van der Waals surface area contributed by atoms with Crippen molar-refractivity contribution in [3.63, 3.8) is 0 Å². The summed E-state index contributed by atoms with van der Waals surface area (Å²) >= 11 is 0. The average Bonchev–Trinajstić information content (AvgIpc) is 3.00. The summed E-state index contributed by atoms with van der Waals surface area (Å²) in [5.41, 5.74) is 2.54. The Morgan fingerprint density at radius 2 is 1.90 bits per heavy atom. The standard InChI is InChI=1S/C15H22N2O2S.ClH/c1-17(14-8-9-16-11-14)20(18,19)15-7-6-12-4-2-3-5-13(12)10-15;/h6-7,10,14,16H,2-5,8-9,11H2,1H3;1H. The Morgan fingerprint density at radius 3 is 2.57 bits per heavy atom. The second-order valence-corrected chi connectivity index (χ2v) is 7.80. The Hall–Kier alpha value is -0.620. The first-order chi connectivity index (χ1) is 9.59. The molecule has 6 heteroatoms. The zero-order chi connectivity index (χ0) is 14.2. The number of likely N-dealkylation sites (N-methyl/N-ethyl adjacent to an activating group) is 1. The van der Waals surface area contributed by atoms with Crippen LogP contribution in [0.3, 0.4) is 0 Å². The van der Waals surface area contributed by atoms with E-state index in [1.807, 2.05) is 12.1 Å². The second kappa shape index (κ2) is 6.65. The summed E-state index contributed by atoms with van der Waals surface area (Å²) < 4.78 is 26.9. The number of fused-ring (bicyclic) bond motifs is 1. The van der Waals surface area contributed by atoms with Crippen molar-refractivity contribution in [2.45, 2.75) is 43.0 Å². The third kappa shape index (κ3) is 3.26. The number of aryl methyl sites for hydroxylation is 2. The number of nitrogens with zero attached hydrogens (tertiary/aromatic N) is 1. The Balaban J connectivity index is 0.00000161. The fourth-order valence-corrected chi connectivity index (χ4v) is 4.62. The maximum Gasteiger partial charge on any atom is 0.243 e. The first-order valence-electron chi connectivity index (χ1n) is 7.39. The summed E-state index contributed by atoms with van der Waals surface area (Å²) in [4.78, 5) is 0.451. The molecule has 1 N–H and O–H groups in total. The SMILES string of the molecule is CN(C1CCNC1)S(=O)(=O)c1ccc2c(c1)CCCC2.Cl. The lowest BCUT2D eigenvalue weighted by Crippen LogP contribution is -2.38. The molecule has 0 aromatic heterocycles. The Labute approximate surface area is 133 Å². The van der Waals surface area contributed by atoms with Crippen LogP contribution in [0, 0.1) is 0 Å². The van der Waals surface area contributed by atoms with Gasteiger partial charge in [-0.3, -0.25) is 0 Å². The molecule has 0 bridgehead atoms. The summed E-state index contributed by atoms with van der Waals surface area (Å²) in [6.07, 6.45) is 5.36. The first kappa shape index (κ1) is 16.7. The van der Waals surface area contributed by atoms with Gasteiger partial charge in [0.2, 0.25) is 10.0 Å². The predicted molar refractivity (Wildman–Crippen MR) is 86.6 cm³/mol. The van der Waals surface area contributed by atoms with E-state index in [2.05, 4.69) is 5.32 Å². The summed E-state index contributed by atoms with van der Waals surface area (Å²) in [7, 11) is -1.66. The van der Waals surface area contributed by atoms with E-state index in [4.69, 9.17) is 0 Å². The normalized spacial score (nSPS) is 21.9. The minimum Gasteiger partial charge on any atom is -0.315 e. The molecular weight excluding hydrogens is 308 g/mol. The number of sulfonamides is 1. The molecule has 21 heavy (non-hydrogen) atoms. The molecule has 1 aliphatic heterocycles. The highest BCUT2D eigenvalue weighted by Gasteiger charge is 2.30. The number of halogens is 1. The summed E-state index contributed by atoms with van der Waals surface area (Å²) in [6, 6.07) is 5.75. The van der Waals surface area contributed by atoms with Crippen LogP contribution in [0.4, 0.5) is 0 Å². The van der Waals surface area contributed by atoms with Crippen LogP contribution in [0.1, 0.15) is 30.4 Å². The van der Waals surface area contributed by atoms with Crippen LogP contribution in [0.25, 0.3) is 0 Å². The molecule has 2 aliphatic rings. The first-order valence-corrected chi connectivity index (χ1v) is 8.83. The third-order valence-corrected chi connectivity index (χ3v) is 6.45. The molecule has 1 aromatic carbocycles. The summed E-state index contributed by atoms with van der Waals surface area (Å²) in [6.45, 7) is 1.65. The van der Waals surface area contributed by atoms with Gasteiger partial charge in [-0.05, 0) is 61.9 Å². The molecule has 0 radical (unpaired) electrons. The maximum absolute atomic E-state index is 12.7. The highest BCUT2D eigenvalue weighted by atomic mass is 35.5. The van der Waals surface area contributed by atoms with E-state index >= 15 is 0 Å². The van der Waals surface area contributed by atoms with E-state index in [1.165, 1.54) is 28.3 Å². The van der Waals surface area contributed by atoms with E-state index in [-0.39, 0.29) is 18.4 Å². The Bertz CT molecular complexity index is 598. The van der Waals surface area contributed by atoms with Crippen molar-refractivity contribution in [2.24, 2.45) is 0 Å². The van der Waals surface area contributed by atoms with Crippen molar-refractivity contribution in [3.8, 4) is 0 Å². The third-order valence-electron chi connectivity index (χ3n) is 4.55. The molecule has 1 heterocycles. The molecule has 1 aromatic rings. The minimum atomic E-state index is -3.36. The zero-order valence-corrected chi connectivity index (χ0v) is 14.0. The van der Waals surface area contributed by atoms with Crippen LogP contribution in [0.2, 0.25) is 0 Å². The molecule has 0 spiro atoms. The molecular formula is C15H23ClN2O2S.